The quantitative estimate of drug-likeness (QED) is 0.471. The fourth-order valence-corrected chi connectivity index (χ4v) is 6.41. The lowest BCUT2D eigenvalue weighted by atomic mass is 9.86. The second-order valence-corrected chi connectivity index (χ2v) is 11.0. The van der Waals surface area contributed by atoms with Crippen molar-refractivity contribution in [3.63, 3.8) is 0 Å². The number of carbonyl (C=O) groups excluding carboxylic acids is 1. The molecule has 1 atom stereocenters. The van der Waals surface area contributed by atoms with Gasteiger partial charge in [0.2, 0.25) is 5.91 Å². The standard InChI is InChI=1S/C27H33N5O2S/c1-6-32(15(2)3)27(33)17-7-8-20-23(11-17)35-26-24(20)25(29-14-30-26)31-21-9-18-12-28-13-19(18)10-22(21)34-16(4)5/h9-10,12,14-17H,6-8,11,13H2,1-5H3,(H,29,30,31)/t17-/m0/s1. The minimum absolute atomic E-state index is 0.0318. The van der Waals surface area contributed by atoms with Gasteiger partial charge in [0.05, 0.1) is 23.7 Å². The second-order valence-electron chi connectivity index (χ2n) is 9.87. The van der Waals surface area contributed by atoms with Crippen LogP contribution >= 0.6 is 11.3 Å². The number of aryl methyl sites for hydroxylation is 1. The molecular weight excluding hydrogens is 458 g/mol. The molecule has 1 aliphatic heterocycles. The lowest BCUT2D eigenvalue weighted by Crippen LogP contribution is -2.42. The first-order valence-corrected chi connectivity index (χ1v) is 13.3. The first-order chi connectivity index (χ1) is 16.9. The Kier molecular flexibility index (Phi) is 6.49. The molecule has 0 bridgehead atoms. The summed E-state index contributed by atoms with van der Waals surface area (Å²) in [5.41, 5.74) is 4.43. The summed E-state index contributed by atoms with van der Waals surface area (Å²) in [6.45, 7) is 11.7. The van der Waals surface area contributed by atoms with Crippen LogP contribution in [0.25, 0.3) is 10.2 Å². The number of nitrogens with one attached hydrogen (secondary N) is 1. The van der Waals surface area contributed by atoms with E-state index in [-0.39, 0.29) is 24.0 Å². The van der Waals surface area contributed by atoms with Crippen molar-refractivity contribution in [1.82, 2.24) is 14.9 Å². The summed E-state index contributed by atoms with van der Waals surface area (Å²) in [5.74, 6) is 1.90. The van der Waals surface area contributed by atoms with Crippen molar-refractivity contribution in [1.29, 1.82) is 0 Å². The molecule has 1 aromatic carbocycles. The third-order valence-corrected chi connectivity index (χ3v) is 7.95. The van der Waals surface area contributed by atoms with Crippen LogP contribution in [0.1, 0.15) is 62.6 Å². The van der Waals surface area contributed by atoms with Crippen LogP contribution in [0.2, 0.25) is 0 Å². The maximum atomic E-state index is 13.2. The Morgan fingerprint density at radius 3 is 2.83 bits per heavy atom. The van der Waals surface area contributed by atoms with E-state index in [1.54, 1.807) is 17.7 Å². The number of amides is 1. The molecule has 2 aromatic heterocycles. The van der Waals surface area contributed by atoms with E-state index in [2.05, 4.69) is 53.2 Å². The number of thiophene rings is 1. The zero-order valence-corrected chi connectivity index (χ0v) is 21.9. The van der Waals surface area contributed by atoms with Crippen LogP contribution in [0.5, 0.6) is 5.75 Å². The maximum Gasteiger partial charge on any atom is 0.226 e. The Morgan fingerprint density at radius 2 is 2.09 bits per heavy atom. The van der Waals surface area contributed by atoms with Crippen molar-refractivity contribution in [3.8, 4) is 5.75 Å². The number of rotatable bonds is 7. The van der Waals surface area contributed by atoms with Crippen LogP contribution in [0.4, 0.5) is 11.5 Å². The van der Waals surface area contributed by atoms with Crippen molar-refractivity contribution in [2.75, 3.05) is 11.9 Å². The Balaban J connectivity index is 1.48. The summed E-state index contributed by atoms with van der Waals surface area (Å²) >= 11 is 1.69. The first-order valence-electron chi connectivity index (χ1n) is 12.5. The normalized spacial score (nSPS) is 16.6. The highest BCUT2D eigenvalue weighted by Gasteiger charge is 2.32. The fourth-order valence-electron chi connectivity index (χ4n) is 5.14. The smallest absolute Gasteiger partial charge is 0.226 e. The summed E-state index contributed by atoms with van der Waals surface area (Å²) in [6, 6.07) is 4.39. The summed E-state index contributed by atoms with van der Waals surface area (Å²) in [5, 5.41) is 4.63. The molecule has 0 unspecified atom stereocenters. The molecule has 0 saturated carbocycles. The Morgan fingerprint density at radius 1 is 1.26 bits per heavy atom. The lowest BCUT2D eigenvalue weighted by molar-refractivity contribution is -0.137. The van der Waals surface area contributed by atoms with Gasteiger partial charge >= 0.3 is 0 Å². The average molecular weight is 492 g/mol. The molecule has 3 aromatic rings. The van der Waals surface area contributed by atoms with Crippen molar-refractivity contribution >= 4 is 45.2 Å². The van der Waals surface area contributed by atoms with Gasteiger partial charge in [-0.2, -0.15) is 0 Å². The fraction of sp³-hybridized carbons (Fsp3) is 0.481. The zero-order valence-electron chi connectivity index (χ0n) is 21.1. The molecule has 3 heterocycles. The van der Waals surface area contributed by atoms with E-state index in [4.69, 9.17) is 4.74 Å². The lowest BCUT2D eigenvalue weighted by Gasteiger charge is -2.31. The van der Waals surface area contributed by atoms with Gasteiger partial charge in [-0.1, -0.05) is 0 Å². The SMILES string of the molecule is CCN(C(=O)[C@H]1CCc2c(sc3ncnc(Nc4cc5c(cc4OC(C)C)CN=C5)c23)C1)C(C)C. The van der Waals surface area contributed by atoms with Crippen LogP contribution < -0.4 is 10.1 Å². The maximum absolute atomic E-state index is 13.2. The molecule has 1 amide bonds. The number of hydrogen-bond acceptors (Lipinski definition) is 7. The minimum atomic E-state index is 0.0318. The Labute approximate surface area is 210 Å². The van der Waals surface area contributed by atoms with E-state index in [1.165, 1.54) is 16.0 Å². The van der Waals surface area contributed by atoms with Gasteiger partial charge in [-0.05, 0) is 82.7 Å². The third kappa shape index (κ3) is 4.51. The van der Waals surface area contributed by atoms with E-state index in [9.17, 15) is 4.79 Å². The first kappa shape index (κ1) is 23.7. The van der Waals surface area contributed by atoms with Crippen molar-refractivity contribution in [2.24, 2.45) is 10.9 Å². The molecule has 1 N–H and O–H groups in total. The Bertz CT molecular complexity index is 1300. The van der Waals surface area contributed by atoms with Crippen LogP contribution in [0.3, 0.4) is 0 Å². The molecule has 2 aliphatic rings. The van der Waals surface area contributed by atoms with E-state index in [1.807, 2.05) is 25.0 Å². The summed E-state index contributed by atoms with van der Waals surface area (Å²) in [6.07, 6.45) is 6.06. The topological polar surface area (TPSA) is 79.7 Å². The molecular formula is C27H33N5O2S. The van der Waals surface area contributed by atoms with Gasteiger partial charge in [0, 0.05) is 29.6 Å². The number of nitrogens with zero attached hydrogens (tertiary/aromatic N) is 4. The molecule has 0 fully saturated rings. The van der Waals surface area contributed by atoms with E-state index >= 15 is 0 Å². The van der Waals surface area contributed by atoms with Crippen LogP contribution in [0.15, 0.2) is 23.5 Å². The summed E-state index contributed by atoms with van der Waals surface area (Å²) in [7, 11) is 0. The van der Waals surface area contributed by atoms with Crippen LogP contribution in [-0.2, 0) is 24.2 Å². The molecule has 184 valence electrons. The number of hydrogen-bond donors (Lipinski definition) is 1. The van der Waals surface area contributed by atoms with Gasteiger partial charge in [-0.15, -0.1) is 11.3 Å². The molecule has 5 rings (SSSR count). The number of fused-ring (bicyclic) bond motifs is 4. The highest BCUT2D eigenvalue weighted by atomic mass is 32.1. The zero-order chi connectivity index (χ0) is 24.7. The highest BCUT2D eigenvalue weighted by Crippen LogP contribution is 2.42. The molecule has 1 aliphatic carbocycles. The highest BCUT2D eigenvalue weighted by molar-refractivity contribution is 7.19. The van der Waals surface area contributed by atoms with Crippen LogP contribution in [-0.4, -0.2) is 45.7 Å². The van der Waals surface area contributed by atoms with Gasteiger partial charge in [0.15, 0.2) is 0 Å². The second kappa shape index (κ2) is 9.57. The van der Waals surface area contributed by atoms with Crippen molar-refractivity contribution in [2.45, 2.75) is 72.6 Å². The van der Waals surface area contributed by atoms with Crippen molar-refractivity contribution < 1.29 is 9.53 Å². The number of carbonyl (C=O) groups is 1. The number of aromatic nitrogens is 2. The molecule has 0 spiro atoms. The van der Waals surface area contributed by atoms with Gasteiger partial charge in [-0.25, -0.2) is 9.97 Å². The summed E-state index contributed by atoms with van der Waals surface area (Å²) in [4.78, 5) is 31.0. The van der Waals surface area contributed by atoms with Gasteiger partial charge < -0.3 is 15.0 Å². The predicted octanol–water partition coefficient (Wildman–Crippen LogP) is 5.52. The van der Waals surface area contributed by atoms with E-state index < -0.39 is 0 Å². The number of benzene rings is 1. The van der Waals surface area contributed by atoms with Crippen LogP contribution in [0, 0.1) is 5.92 Å². The Hall–Kier alpha value is -3.00. The van der Waals surface area contributed by atoms with E-state index in [0.717, 1.165) is 58.8 Å². The summed E-state index contributed by atoms with van der Waals surface area (Å²) < 4.78 is 6.14. The number of anilines is 2. The molecule has 0 saturated heterocycles. The third-order valence-electron chi connectivity index (χ3n) is 6.79. The predicted molar refractivity (Wildman–Crippen MR) is 142 cm³/mol. The molecule has 0 radical (unpaired) electrons. The van der Waals surface area contributed by atoms with Crippen molar-refractivity contribution in [3.05, 3.63) is 40.0 Å². The van der Waals surface area contributed by atoms with Gasteiger partial charge in [0.1, 0.15) is 22.7 Å². The monoisotopic (exact) mass is 491 g/mol. The largest absolute Gasteiger partial charge is 0.489 e. The minimum Gasteiger partial charge on any atom is -0.489 e. The number of aliphatic imine (C=N–C) groups is 1. The average Bonchev–Trinajstić information content (AvgIpc) is 3.42. The van der Waals surface area contributed by atoms with Gasteiger partial charge in [-0.3, -0.25) is 9.79 Å². The molecule has 35 heavy (non-hydrogen) atoms. The number of ether oxygens (including phenoxy) is 1. The molecule has 7 nitrogen and oxygen atoms in total. The molecule has 8 heteroatoms. The van der Waals surface area contributed by atoms with Gasteiger partial charge in [0.25, 0.3) is 0 Å². The van der Waals surface area contributed by atoms with E-state index in [0.29, 0.717) is 6.54 Å².